The van der Waals surface area contributed by atoms with Gasteiger partial charge in [-0.05, 0) is 193 Å². The first-order valence-electron chi connectivity index (χ1n) is 40.6. The number of hydrogen-bond acceptors (Lipinski definition) is 8. The molecule has 0 N–H and O–H groups in total. The second-order valence-electron chi connectivity index (χ2n) is 33.7. The molecule has 0 bridgehead atoms. The zero-order valence-corrected chi connectivity index (χ0v) is 67.4. The van der Waals surface area contributed by atoms with Gasteiger partial charge in [0.25, 0.3) is 0 Å². The van der Waals surface area contributed by atoms with Gasteiger partial charge in [0.15, 0.2) is 29.1 Å². The molecule has 1 fully saturated rings. The average Bonchev–Trinajstić information content (AvgIpc) is 1.55. The molecule has 2 aromatic heterocycles. The van der Waals surface area contributed by atoms with E-state index in [4.69, 9.17) is 35.9 Å². The Morgan fingerprint density at radius 3 is 0.856 bits per heavy atom. The molecule has 16 aromatic carbocycles. The Morgan fingerprint density at radius 2 is 0.517 bits per heavy atom. The molecule has 1 aliphatic heterocycles. The topological polar surface area (TPSA) is 95.8 Å². The molecule has 566 valence electrons. The smallest absolute Gasteiger partial charge is 0.395 e. The van der Waals surface area contributed by atoms with E-state index in [1.807, 2.05) is 43.3 Å². The summed E-state index contributed by atoms with van der Waals surface area (Å²) in [6.07, 6.45) is 0. The van der Waals surface area contributed by atoms with Crippen LogP contribution in [0.25, 0.3) is 122 Å². The van der Waals surface area contributed by atoms with Crippen molar-refractivity contribution in [1.82, 2.24) is 29.9 Å². The maximum Gasteiger partial charge on any atom is 0.498 e. The molecule has 2 spiro atoms. The molecular formula is C108H83BClN6O2+. The van der Waals surface area contributed by atoms with Crippen molar-refractivity contribution in [2.75, 3.05) is 0 Å². The van der Waals surface area contributed by atoms with Gasteiger partial charge in [0, 0.05) is 47.0 Å². The third-order valence-corrected chi connectivity index (χ3v) is 26.1. The number of benzene rings is 16. The van der Waals surface area contributed by atoms with Gasteiger partial charge in [-0.1, -0.05) is 349 Å². The zero-order valence-electron chi connectivity index (χ0n) is 66.6. The highest BCUT2D eigenvalue weighted by atomic mass is 35.5. The Morgan fingerprint density at radius 1 is 0.254 bits per heavy atom. The van der Waals surface area contributed by atoms with Crippen molar-refractivity contribution in [2.45, 2.75) is 81.3 Å². The van der Waals surface area contributed by atoms with E-state index in [0.717, 1.165) is 54.8 Å². The Balaban J connectivity index is 0.000000121. The zero-order chi connectivity index (χ0) is 80.0. The third-order valence-electron chi connectivity index (χ3n) is 26.0. The van der Waals surface area contributed by atoms with Crippen LogP contribution in [0, 0.1) is 6.92 Å². The Kier molecular flexibility index (Phi) is 16.8. The minimum atomic E-state index is -0.634. The van der Waals surface area contributed by atoms with Crippen molar-refractivity contribution in [3.8, 4) is 79.2 Å². The first-order chi connectivity index (χ1) is 57.3. The molecular weight excluding hydrogens is 1460 g/mol. The molecule has 3 heterocycles. The van der Waals surface area contributed by atoms with Gasteiger partial charge >= 0.3 is 7.12 Å². The molecule has 1 atom stereocenters. The maximum atomic E-state index is 6.45. The van der Waals surface area contributed by atoms with Crippen molar-refractivity contribution in [2.24, 2.45) is 0 Å². The van der Waals surface area contributed by atoms with Crippen molar-refractivity contribution >= 4 is 67.3 Å². The summed E-state index contributed by atoms with van der Waals surface area (Å²) in [7, 11) is -0.464. The maximum absolute atomic E-state index is 6.45. The van der Waals surface area contributed by atoms with Gasteiger partial charge in [-0.2, -0.15) is 9.97 Å². The predicted octanol–water partition coefficient (Wildman–Crippen LogP) is 25.4. The van der Waals surface area contributed by atoms with E-state index in [1.165, 1.54) is 111 Å². The third kappa shape index (κ3) is 11.4. The van der Waals surface area contributed by atoms with Crippen LogP contribution in [-0.2, 0) is 31.0 Å². The highest BCUT2D eigenvalue weighted by molar-refractivity contribution is 6.62. The fraction of sp³-hybridized carbons (Fsp3) is 0.120. The Labute approximate surface area is 694 Å². The molecule has 118 heavy (non-hydrogen) atoms. The van der Waals surface area contributed by atoms with E-state index in [1.54, 1.807) is 0 Å². The van der Waals surface area contributed by atoms with Crippen molar-refractivity contribution in [1.29, 1.82) is 0 Å². The Bertz CT molecular complexity index is 6870. The summed E-state index contributed by atoms with van der Waals surface area (Å²) in [5.41, 5.74) is 24.6. The molecule has 0 amide bonds. The van der Waals surface area contributed by atoms with Gasteiger partial charge in [-0.25, -0.2) is 19.9 Å². The number of rotatable bonds is 6. The summed E-state index contributed by atoms with van der Waals surface area (Å²) in [6.45, 7) is 19.9. The highest BCUT2D eigenvalue weighted by Crippen LogP contribution is 2.64. The lowest BCUT2D eigenvalue weighted by Crippen LogP contribution is -2.42. The normalized spacial score (nSPS) is 16.5. The van der Waals surface area contributed by atoms with Crippen LogP contribution in [0.4, 0.5) is 0 Å². The molecule has 23 rings (SSSR count). The lowest BCUT2D eigenvalue weighted by Gasteiger charge is -2.46. The second-order valence-corrected chi connectivity index (χ2v) is 34.0. The van der Waals surface area contributed by atoms with Crippen LogP contribution in [0.2, 0.25) is 5.28 Å². The highest BCUT2D eigenvalue weighted by Gasteiger charge is 2.59. The van der Waals surface area contributed by atoms with E-state index in [0.29, 0.717) is 29.1 Å². The summed E-state index contributed by atoms with van der Waals surface area (Å²) in [5, 5.41) is 9.49. The number of halogens is 1. The minimum Gasteiger partial charge on any atom is -0.395 e. The second kappa shape index (κ2) is 27.4. The molecule has 0 saturated carbocycles. The fourth-order valence-corrected chi connectivity index (χ4v) is 19.8. The lowest BCUT2D eigenvalue weighted by atomic mass is 9.55. The first-order valence-corrected chi connectivity index (χ1v) is 41.0. The SMILES string of the molecule is CC1(C)c2ccccc2C2(c3ccccc3-c3ccc(-c4nc(-c5ccc6ccccc6c5)nc(-c5ccc6ccccc6c5)n4)cc32)c2ccccc21.Clc1nc(-c2ccc3ccccc3c2)nc(-c2ccc3ccccc3c2)n1.[2HH].[CH2+]C1(C)OB(c2ccc3c(c2)C2(c4ccccc4-3)c3ccccc3C(C)(C)c3ccccc32)OC1(C)C. The van der Waals surface area contributed by atoms with Gasteiger partial charge in [0.2, 0.25) is 10.9 Å². The molecule has 0 radical (unpaired) electrons. The number of aromatic nitrogens is 6. The van der Waals surface area contributed by atoms with Gasteiger partial charge < -0.3 is 9.31 Å². The first kappa shape index (κ1) is 72.4. The fourth-order valence-electron chi connectivity index (χ4n) is 19.6. The molecule has 8 nitrogen and oxygen atoms in total. The average molecular weight is 1540 g/mol. The summed E-state index contributed by atoms with van der Waals surface area (Å²) in [6, 6.07) is 126. The van der Waals surface area contributed by atoms with E-state index < -0.39 is 29.2 Å². The van der Waals surface area contributed by atoms with E-state index in [2.05, 4.69) is 379 Å². The van der Waals surface area contributed by atoms with E-state index in [9.17, 15) is 0 Å². The molecule has 5 aliphatic rings. The van der Waals surface area contributed by atoms with Gasteiger partial charge in [0.05, 0.1) is 17.8 Å². The van der Waals surface area contributed by atoms with Crippen LogP contribution in [0.3, 0.4) is 0 Å². The van der Waals surface area contributed by atoms with E-state index >= 15 is 0 Å². The molecule has 1 saturated heterocycles. The lowest BCUT2D eigenvalue weighted by molar-refractivity contribution is 0.0262. The molecule has 4 aliphatic carbocycles. The van der Waals surface area contributed by atoms with Gasteiger partial charge in [-0.3, -0.25) is 0 Å². The van der Waals surface area contributed by atoms with Crippen molar-refractivity contribution < 1.29 is 10.7 Å². The quantitative estimate of drug-likeness (QED) is 0.120. The monoisotopic (exact) mass is 1540 g/mol. The number of hydrogen-bond donors (Lipinski definition) is 0. The molecule has 18 aromatic rings. The minimum absolute atomic E-state index is 0. The number of nitrogens with zero attached hydrogens (tertiary/aromatic N) is 6. The van der Waals surface area contributed by atoms with Gasteiger partial charge in [0.1, 0.15) is 5.60 Å². The van der Waals surface area contributed by atoms with Crippen LogP contribution < -0.4 is 5.46 Å². The van der Waals surface area contributed by atoms with Crippen LogP contribution in [0.1, 0.15) is 117 Å². The summed E-state index contributed by atoms with van der Waals surface area (Å²) < 4.78 is 12.9. The van der Waals surface area contributed by atoms with Crippen LogP contribution in [-0.4, -0.2) is 48.2 Å². The number of fused-ring (bicyclic) bond motifs is 22. The Hall–Kier alpha value is -13.3. The summed E-state index contributed by atoms with van der Waals surface area (Å²) >= 11 is 6.22. The molecule has 1 unspecified atom stereocenters. The van der Waals surface area contributed by atoms with Crippen molar-refractivity contribution in [3.63, 3.8) is 0 Å². The standard InChI is InChI=1S/C51H35N3.C34H32BO2.C23H14ClN3.H2/c1-50(2)42-19-9-11-21-44(42)51(45-22-12-10-20-43(45)50)41-18-8-7-17-39(41)40-28-27-38(31-46(40)51)49-53-47(36-25-23-32-13-3-5-15-34(32)29-36)52-48(54-49)37-26-24-33-14-4-6-16-35(33)30-37;1-31(2)26-15-9-11-17-28(26)34(29-18-12-10-16-27(29)31)25-14-8-7-13-23(25)24-20-19-22(21-30(24)34)35-36-32(3,4)33(5,6)37-35;24-23-26-21(19-11-9-15-5-1-3-7-17(15)13-19)25-22(27-23)20-12-10-16-6-2-4-8-18(16)14-20;/h3-31H,1-2H3;7-21H,3H2,1-2,4-6H3;1-14H;1H/q;+1;;/i;;;1+1. The summed E-state index contributed by atoms with van der Waals surface area (Å²) in [5.74, 6) is 3.11. The van der Waals surface area contributed by atoms with Gasteiger partial charge in [-0.15, -0.1) is 0 Å². The van der Waals surface area contributed by atoms with E-state index in [-0.39, 0.29) is 17.5 Å². The summed E-state index contributed by atoms with van der Waals surface area (Å²) in [4.78, 5) is 29.1. The van der Waals surface area contributed by atoms with Crippen LogP contribution in [0.15, 0.2) is 352 Å². The van der Waals surface area contributed by atoms with Crippen molar-refractivity contribution in [3.05, 3.63) is 431 Å². The predicted molar refractivity (Wildman–Crippen MR) is 485 cm³/mol. The van der Waals surface area contributed by atoms with Crippen LogP contribution in [0.5, 0.6) is 0 Å². The van der Waals surface area contributed by atoms with Crippen LogP contribution >= 0.6 is 11.6 Å². The largest absolute Gasteiger partial charge is 0.498 e. The molecule has 10 heteroatoms.